The van der Waals surface area contributed by atoms with Gasteiger partial charge in [-0.3, -0.25) is 4.68 Å². The first kappa shape index (κ1) is 15.1. The quantitative estimate of drug-likeness (QED) is 0.750. The predicted molar refractivity (Wildman–Crippen MR) is 92.2 cm³/mol. The Morgan fingerprint density at radius 2 is 1.96 bits per heavy atom. The van der Waals surface area contributed by atoms with E-state index >= 15 is 0 Å². The average Bonchev–Trinajstić information content (AvgIpc) is 3.25. The zero-order valence-corrected chi connectivity index (χ0v) is 13.4. The van der Waals surface area contributed by atoms with E-state index in [1.165, 1.54) is 17.2 Å². The van der Waals surface area contributed by atoms with Crippen LogP contribution in [0.2, 0.25) is 0 Å². The van der Waals surface area contributed by atoms with E-state index in [2.05, 4.69) is 28.7 Å². The van der Waals surface area contributed by atoms with Crippen molar-refractivity contribution in [1.29, 1.82) is 0 Å². The molecule has 3 aromatic rings. The molecule has 1 saturated carbocycles. The normalized spacial score (nSPS) is 19.4. The fourth-order valence-electron chi connectivity index (χ4n) is 3.13. The second-order valence-electron chi connectivity index (χ2n) is 6.42. The van der Waals surface area contributed by atoms with E-state index in [-0.39, 0.29) is 5.82 Å². The first-order valence-electron chi connectivity index (χ1n) is 8.32. The second kappa shape index (κ2) is 6.57. The summed E-state index contributed by atoms with van der Waals surface area (Å²) in [5.41, 5.74) is 3.51. The molecule has 4 rings (SSSR count). The molecule has 0 saturated heterocycles. The number of aromatic nitrogens is 2. The van der Waals surface area contributed by atoms with Gasteiger partial charge in [-0.1, -0.05) is 42.5 Å². The Morgan fingerprint density at radius 1 is 1.08 bits per heavy atom. The zero-order valence-electron chi connectivity index (χ0n) is 13.4. The molecule has 2 atom stereocenters. The van der Waals surface area contributed by atoms with E-state index in [9.17, 15) is 4.39 Å². The third-order valence-corrected chi connectivity index (χ3v) is 4.51. The van der Waals surface area contributed by atoms with E-state index in [1.54, 1.807) is 12.1 Å². The van der Waals surface area contributed by atoms with E-state index in [0.717, 1.165) is 25.1 Å². The minimum Gasteiger partial charge on any atom is -0.309 e. The number of hydrogen-bond donors (Lipinski definition) is 1. The van der Waals surface area contributed by atoms with Crippen molar-refractivity contribution >= 4 is 0 Å². The fraction of sp³-hybridized carbons (Fsp3) is 0.250. The van der Waals surface area contributed by atoms with Crippen molar-refractivity contribution in [3.63, 3.8) is 0 Å². The van der Waals surface area contributed by atoms with Gasteiger partial charge >= 0.3 is 0 Å². The highest BCUT2D eigenvalue weighted by molar-refractivity contribution is 5.28. The van der Waals surface area contributed by atoms with Gasteiger partial charge in [0.1, 0.15) is 5.82 Å². The van der Waals surface area contributed by atoms with Crippen LogP contribution < -0.4 is 5.32 Å². The van der Waals surface area contributed by atoms with Crippen LogP contribution in [0.5, 0.6) is 0 Å². The van der Waals surface area contributed by atoms with Gasteiger partial charge in [0, 0.05) is 30.3 Å². The van der Waals surface area contributed by atoms with Crippen LogP contribution in [0.1, 0.15) is 29.0 Å². The minimum atomic E-state index is -0.152. The standard InChI is InChI=1S/C20H20FN3/c21-18-8-4-7-17(9-18)19-10-20(19)22-11-16-12-23-24(14-16)13-15-5-2-1-3-6-15/h1-9,12,14,19-20,22H,10-11,13H2. The molecule has 1 aliphatic carbocycles. The molecule has 122 valence electrons. The average molecular weight is 321 g/mol. The lowest BCUT2D eigenvalue weighted by Crippen LogP contribution is -2.17. The van der Waals surface area contributed by atoms with Gasteiger partial charge < -0.3 is 5.32 Å². The van der Waals surface area contributed by atoms with Gasteiger partial charge in [-0.25, -0.2) is 4.39 Å². The van der Waals surface area contributed by atoms with E-state index in [1.807, 2.05) is 35.1 Å². The van der Waals surface area contributed by atoms with Gasteiger partial charge in [0.05, 0.1) is 12.7 Å². The summed E-state index contributed by atoms with van der Waals surface area (Å²) < 4.78 is 15.2. The Labute approximate surface area is 141 Å². The fourth-order valence-corrected chi connectivity index (χ4v) is 3.13. The maximum absolute atomic E-state index is 13.3. The Balaban J connectivity index is 1.30. The molecule has 2 unspecified atom stereocenters. The van der Waals surface area contributed by atoms with Crippen molar-refractivity contribution in [2.45, 2.75) is 31.5 Å². The number of halogens is 1. The first-order valence-corrected chi connectivity index (χ1v) is 8.32. The molecule has 3 nitrogen and oxygen atoms in total. The summed E-state index contributed by atoms with van der Waals surface area (Å²) in [6.07, 6.45) is 5.07. The number of benzene rings is 2. The highest BCUT2D eigenvalue weighted by Crippen LogP contribution is 2.41. The van der Waals surface area contributed by atoms with Gasteiger partial charge in [-0.05, 0) is 29.7 Å². The van der Waals surface area contributed by atoms with Crippen molar-refractivity contribution in [2.75, 3.05) is 0 Å². The molecule has 0 spiro atoms. The summed E-state index contributed by atoms with van der Waals surface area (Å²) in [6, 6.07) is 17.7. The van der Waals surface area contributed by atoms with Crippen LogP contribution in [-0.2, 0) is 13.1 Å². The van der Waals surface area contributed by atoms with Crippen LogP contribution in [0.25, 0.3) is 0 Å². The summed E-state index contributed by atoms with van der Waals surface area (Å²) in [7, 11) is 0. The molecule has 0 radical (unpaired) electrons. The molecule has 0 amide bonds. The molecule has 2 aromatic carbocycles. The molecule has 24 heavy (non-hydrogen) atoms. The molecular weight excluding hydrogens is 301 g/mol. The lowest BCUT2D eigenvalue weighted by atomic mass is 10.1. The van der Waals surface area contributed by atoms with Crippen molar-refractivity contribution in [3.05, 3.63) is 89.5 Å². The van der Waals surface area contributed by atoms with Gasteiger partial charge in [0.25, 0.3) is 0 Å². The molecular formula is C20H20FN3. The molecule has 0 bridgehead atoms. The molecule has 1 fully saturated rings. The zero-order chi connectivity index (χ0) is 16.4. The summed E-state index contributed by atoms with van der Waals surface area (Å²) in [6.45, 7) is 1.58. The third kappa shape index (κ3) is 3.54. The largest absolute Gasteiger partial charge is 0.309 e. The summed E-state index contributed by atoms with van der Waals surface area (Å²) in [5.74, 6) is 0.278. The summed E-state index contributed by atoms with van der Waals surface area (Å²) in [5, 5.41) is 7.97. The SMILES string of the molecule is Fc1cccc(C2CC2NCc2cnn(Cc3ccccc3)c2)c1. The lowest BCUT2D eigenvalue weighted by molar-refractivity contribution is 0.623. The monoisotopic (exact) mass is 321 g/mol. The molecule has 1 N–H and O–H groups in total. The molecule has 4 heteroatoms. The van der Waals surface area contributed by atoms with Crippen molar-refractivity contribution in [2.24, 2.45) is 0 Å². The van der Waals surface area contributed by atoms with Crippen LogP contribution in [-0.4, -0.2) is 15.8 Å². The number of hydrogen-bond acceptors (Lipinski definition) is 2. The number of nitrogens with zero attached hydrogens (tertiary/aromatic N) is 2. The van der Waals surface area contributed by atoms with Gasteiger partial charge in [0.2, 0.25) is 0 Å². The van der Waals surface area contributed by atoms with Gasteiger partial charge in [0.15, 0.2) is 0 Å². The van der Waals surface area contributed by atoms with Gasteiger partial charge in [-0.2, -0.15) is 5.10 Å². The Bertz CT molecular complexity index is 813. The number of nitrogens with one attached hydrogen (secondary N) is 1. The summed E-state index contributed by atoms with van der Waals surface area (Å²) >= 11 is 0. The molecule has 1 aromatic heterocycles. The Kier molecular flexibility index (Phi) is 4.13. The van der Waals surface area contributed by atoms with Crippen molar-refractivity contribution < 1.29 is 4.39 Å². The summed E-state index contributed by atoms with van der Waals surface area (Å²) in [4.78, 5) is 0. The van der Waals surface area contributed by atoms with E-state index in [0.29, 0.717) is 12.0 Å². The van der Waals surface area contributed by atoms with Crippen molar-refractivity contribution in [1.82, 2.24) is 15.1 Å². The highest BCUT2D eigenvalue weighted by Gasteiger charge is 2.37. The van der Waals surface area contributed by atoms with Crippen LogP contribution >= 0.6 is 0 Å². The smallest absolute Gasteiger partial charge is 0.123 e. The first-order chi connectivity index (χ1) is 11.8. The van der Waals surface area contributed by atoms with Crippen LogP contribution in [0.3, 0.4) is 0 Å². The predicted octanol–water partition coefficient (Wildman–Crippen LogP) is 3.72. The maximum atomic E-state index is 13.3. The third-order valence-electron chi connectivity index (χ3n) is 4.51. The Morgan fingerprint density at radius 3 is 2.79 bits per heavy atom. The van der Waals surface area contributed by atoms with Crippen LogP contribution in [0.15, 0.2) is 67.0 Å². The lowest BCUT2D eigenvalue weighted by Gasteiger charge is -2.03. The maximum Gasteiger partial charge on any atom is 0.123 e. The van der Waals surface area contributed by atoms with Gasteiger partial charge in [-0.15, -0.1) is 0 Å². The second-order valence-corrected chi connectivity index (χ2v) is 6.42. The number of rotatable bonds is 6. The Hall–Kier alpha value is -2.46. The molecule has 1 aliphatic rings. The molecule has 0 aliphatic heterocycles. The highest BCUT2D eigenvalue weighted by atomic mass is 19.1. The topological polar surface area (TPSA) is 29.9 Å². The van der Waals surface area contributed by atoms with Crippen LogP contribution in [0, 0.1) is 5.82 Å². The molecule has 1 heterocycles. The van der Waals surface area contributed by atoms with E-state index in [4.69, 9.17) is 0 Å². The minimum absolute atomic E-state index is 0.152. The van der Waals surface area contributed by atoms with Crippen LogP contribution in [0.4, 0.5) is 4.39 Å². The van der Waals surface area contributed by atoms with E-state index < -0.39 is 0 Å². The van der Waals surface area contributed by atoms with Crippen molar-refractivity contribution in [3.8, 4) is 0 Å².